The first-order chi connectivity index (χ1) is 15.0. The summed E-state index contributed by atoms with van der Waals surface area (Å²) in [6.07, 6.45) is 10.5. The van der Waals surface area contributed by atoms with Crippen molar-refractivity contribution in [3.63, 3.8) is 0 Å². The van der Waals surface area contributed by atoms with Crippen molar-refractivity contribution in [3.8, 4) is 11.4 Å². The molecule has 0 atom stereocenters. The lowest BCUT2D eigenvalue weighted by Gasteiger charge is -2.10. The van der Waals surface area contributed by atoms with Gasteiger partial charge in [0.15, 0.2) is 0 Å². The molecule has 0 saturated heterocycles. The zero-order chi connectivity index (χ0) is 21.5. The largest absolute Gasteiger partial charge is 0.330 e. The fraction of sp³-hybridized carbons (Fsp3) is 0.259. The second kappa shape index (κ2) is 7.69. The molecule has 2 aromatic heterocycles. The second-order valence-electron chi connectivity index (χ2n) is 8.43. The van der Waals surface area contributed by atoms with Crippen molar-refractivity contribution < 1.29 is 0 Å². The van der Waals surface area contributed by atoms with E-state index in [1.807, 2.05) is 0 Å². The van der Waals surface area contributed by atoms with Gasteiger partial charge in [0.2, 0.25) is 0 Å². The fourth-order valence-corrected chi connectivity index (χ4v) is 4.52. The Labute approximate surface area is 183 Å². The summed E-state index contributed by atoms with van der Waals surface area (Å²) < 4.78 is 4.55. The highest BCUT2D eigenvalue weighted by atomic mass is 15.1. The maximum Gasteiger partial charge on any atom is 0.140 e. The van der Waals surface area contributed by atoms with Crippen LogP contribution in [0.4, 0.5) is 0 Å². The number of allylic oxidation sites excluding steroid dienone is 3. The molecule has 1 aliphatic carbocycles. The minimum Gasteiger partial charge on any atom is -0.330 e. The molecular weight excluding hydrogens is 380 g/mol. The van der Waals surface area contributed by atoms with Gasteiger partial charge in [0.05, 0.1) is 16.7 Å². The Morgan fingerprint density at radius 3 is 2.55 bits per heavy atom. The van der Waals surface area contributed by atoms with Crippen molar-refractivity contribution in [3.05, 3.63) is 88.5 Å². The van der Waals surface area contributed by atoms with Crippen LogP contribution in [0.3, 0.4) is 0 Å². The Morgan fingerprint density at radius 1 is 1.03 bits per heavy atom. The van der Waals surface area contributed by atoms with Gasteiger partial charge in [-0.3, -0.25) is 0 Å². The number of nitrogens with zero attached hydrogens (tertiary/aromatic N) is 4. The van der Waals surface area contributed by atoms with Crippen LogP contribution in [0.2, 0.25) is 0 Å². The summed E-state index contributed by atoms with van der Waals surface area (Å²) in [6.45, 7) is 7.12. The van der Waals surface area contributed by atoms with E-state index in [2.05, 4.69) is 97.7 Å². The van der Waals surface area contributed by atoms with Crippen LogP contribution in [-0.4, -0.2) is 19.1 Å². The number of rotatable bonds is 5. The molecule has 0 N–H and O–H groups in total. The lowest BCUT2D eigenvalue weighted by Crippen LogP contribution is -2.03. The summed E-state index contributed by atoms with van der Waals surface area (Å²) in [4.78, 5) is 9.79. The summed E-state index contributed by atoms with van der Waals surface area (Å²) in [5, 5.41) is 0. The van der Waals surface area contributed by atoms with E-state index in [-0.39, 0.29) is 0 Å². The molecule has 0 fully saturated rings. The molecule has 156 valence electrons. The van der Waals surface area contributed by atoms with Gasteiger partial charge in [0.25, 0.3) is 0 Å². The molecule has 1 aliphatic rings. The van der Waals surface area contributed by atoms with Gasteiger partial charge in [-0.2, -0.15) is 0 Å². The van der Waals surface area contributed by atoms with E-state index in [0.717, 1.165) is 47.8 Å². The van der Waals surface area contributed by atoms with Gasteiger partial charge in [0.1, 0.15) is 11.6 Å². The Hall–Kier alpha value is -3.40. The number of hydrogen-bond acceptors (Lipinski definition) is 2. The van der Waals surface area contributed by atoms with E-state index < -0.39 is 0 Å². The van der Waals surface area contributed by atoms with E-state index >= 15 is 0 Å². The van der Waals surface area contributed by atoms with Crippen molar-refractivity contribution >= 4 is 17.1 Å². The topological polar surface area (TPSA) is 35.6 Å². The summed E-state index contributed by atoms with van der Waals surface area (Å²) >= 11 is 0. The van der Waals surface area contributed by atoms with Crippen molar-refractivity contribution in [1.82, 2.24) is 19.1 Å². The Kier molecular flexibility index (Phi) is 4.85. The smallest absolute Gasteiger partial charge is 0.140 e. The van der Waals surface area contributed by atoms with Gasteiger partial charge in [-0.1, -0.05) is 42.5 Å². The van der Waals surface area contributed by atoms with Crippen molar-refractivity contribution in [2.75, 3.05) is 0 Å². The van der Waals surface area contributed by atoms with Crippen molar-refractivity contribution in [2.45, 2.75) is 40.2 Å². The van der Waals surface area contributed by atoms with Gasteiger partial charge >= 0.3 is 0 Å². The van der Waals surface area contributed by atoms with E-state index in [1.165, 1.54) is 27.9 Å². The SMILES string of the molecule is C/C=C\Cc1ccc(Cn2c(C)nc3c(C)cc(-c4nc5c(n4C)CC=C5)cc32)cc1. The summed E-state index contributed by atoms with van der Waals surface area (Å²) in [5.41, 5.74) is 9.60. The zero-order valence-corrected chi connectivity index (χ0v) is 18.7. The zero-order valence-electron chi connectivity index (χ0n) is 18.7. The highest BCUT2D eigenvalue weighted by Gasteiger charge is 2.19. The highest BCUT2D eigenvalue weighted by molar-refractivity contribution is 5.85. The lowest BCUT2D eigenvalue weighted by molar-refractivity contribution is 0.785. The summed E-state index contributed by atoms with van der Waals surface area (Å²) in [7, 11) is 2.12. The monoisotopic (exact) mass is 408 g/mol. The number of hydrogen-bond donors (Lipinski definition) is 0. The molecule has 0 saturated carbocycles. The third-order valence-electron chi connectivity index (χ3n) is 6.28. The molecule has 4 heteroatoms. The van der Waals surface area contributed by atoms with Crippen LogP contribution in [0, 0.1) is 13.8 Å². The maximum absolute atomic E-state index is 4.90. The molecule has 31 heavy (non-hydrogen) atoms. The quantitative estimate of drug-likeness (QED) is 0.392. The van der Waals surface area contributed by atoms with Gasteiger partial charge in [-0.25, -0.2) is 9.97 Å². The van der Waals surface area contributed by atoms with Crippen LogP contribution in [0.1, 0.15) is 40.8 Å². The van der Waals surface area contributed by atoms with E-state index in [1.54, 1.807) is 0 Å². The molecule has 2 heterocycles. The molecule has 0 aliphatic heterocycles. The summed E-state index contributed by atoms with van der Waals surface area (Å²) in [5.74, 6) is 2.07. The van der Waals surface area contributed by atoms with Crippen LogP contribution in [0.5, 0.6) is 0 Å². The van der Waals surface area contributed by atoms with Crippen molar-refractivity contribution in [1.29, 1.82) is 0 Å². The first kappa shape index (κ1) is 19.6. The lowest BCUT2D eigenvalue weighted by atomic mass is 10.1. The Balaban J connectivity index is 1.55. The number of imidazole rings is 2. The molecule has 0 bridgehead atoms. The molecule has 4 nitrogen and oxygen atoms in total. The minimum atomic E-state index is 0.814. The molecule has 2 aromatic carbocycles. The normalized spacial score (nSPS) is 13.0. The Morgan fingerprint density at radius 2 is 1.81 bits per heavy atom. The molecule has 4 aromatic rings. The number of aromatic nitrogens is 4. The third-order valence-corrected chi connectivity index (χ3v) is 6.28. The van der Waals surface area contributed by atoms with Gasteiger partial charge in [-0.15, -0.1) is 0 Å². The number of fused-ring (bicyclic) bond motifs is 2. The third kappa shape index (κ3) is 3.42. The van der Waals surface area contributed by atoms with Gasteiger partial charge in [0, 0.05) is 31.3 Å². The molecular formula is C27H28N4. The van der Waals surface area contributed by atoms with Crippen LogP contribution in [0.15, 0.2) is 54.6 Å². The maximum atomic E-state index is 4.90. The average Bonchev–Trinajstić information content (AvgIpc) is 3.44. The molecule has 0 spiro atoms. The van der Waals surface area contributed by atoms with Crippen LogP contribution in [0.25, 0.3) is 28.5 Å². The molecule has 0 unspecified atom stereocenters. The van der Waals surface area contributed by atoms with Crippen molar-refractivity contribution in [2.24, 2.45) is 7.05 Å². The predicted octanol–water partition coefficient (Wildman–Crippen LogP) is 5.79. The standard InChI is InChI=1S/C27H28N4/c1-5-6-8-20-11-13-21(14-12-20)17-31-19(3)28-26-18(2)15-22(16-25(26)31)27-29-23-9-7-10-24(23)30(27)4/h5-7,9,11-16H,8,10,17H2,1-4H3/b6-5-. The number of benzene rings is 2. The minimum absolute atomic E-state index is 0.814. The highest BCUT2D eigenvalue weighted by Crippen LogP contribution is 2.31. The molecule has 0 amide bonds. The first-order valence-electron chi connectivity index (χ1n) is 10.9. The van der Waals surface area contributed by atoms with Gasteiger partial charge in [-0.05, 0) is 62.1 Å². The first-order valence-corrected chi connectivity index (χ1v) is 10.9. The van der Waals surface area contributed by atoms with E-state index in [4.69, 9.17) is 9.97 Å². The van der Waals surface area contributed by atoms with Crippen LogP contribution >= 0.6 is 0 Å². The summed E-state index contributed by atoms with van der Waals surface area (Å²) in [6, 6.07) is 13.4. The average molecular weight is 409 g/mol. The number of aryl methyl sites for hydroxylation is 2. The Bertz CT molecular complexity index is 1330. The van der Waals surface area contributed by atoms with Gasteiger partial charge < -0.3 is 9.13 Å². The van der Waals surface area contributed by atoms with E-state index in [9.17, 15) is 0 Å². The fourth-order valence-electron chi connectivity index (χ4n) is 4.52. The van der Waals surface area contributed by atoms with Crippen LogP contribution in [-0.2, 0) is 26.4 Å². The predicted molar refractivity (Wildman–Crippen MR) is 128 cm³/mol. The molecule has 0 radical (unpaired) electrons. The second-order valence-corrected chi connectivity index (χ2v) is 8.43. The van der Waals surface area contributed by atoms with Crippen LogP contribution < -0.4 is 0 Å². The van der Waals surface area contributed by atoms with E-state index in [0.29, 0.717) is 0 Å². The molecule has 5 rings (SSSR count).